The van der Waals surface area contributed by atoms with Crippen molar-refractivity contribution in [3.05, 3.63) is 47.3 Å². The van der Waals surface area contributed by atoms with Crippen LogP contribution >= 0.6 is 0 Å². The van der Waals surface area contributed by atoms with E-state index in [-0.39, 0.29) is 35.5 Å². The SMILES string of the molecule is C/C(=C\c1cc(F)cc(NCC2CCN(S(=O)(=O)C3CCCC3)CC2)c1)[C@H]1OC(=O)C[C@H](O)CC[C@H](C)[C@@H](OC(=O)N2CCN(C)CC2)/C=C\[C@@H]1C. The molecule has 1 aromatic rings. The summed E-state index contributed by atoms with van der Waals surface area (Å²) >= 11 is 0. The molecule has 1 aliphatic carbocycles. The number of aliphatic hydroxyl groups is 1. The van der Waals surface area contributed by atoms with Gasteiger partial charge in [0.2, 0.25) is 10.0 Å². The summed E-state index contributed by atoms with van der Waals surface area (Å²) < 4.78 is 54.6. The van der Waals surface area contributed by atoms with E-state index in [1.807, 2.05) is 46.0 Å². The molecule has 0 unspecified atom stereocenters. The monoisotopic (exact) mass is 746 g/mol. The summed E-state index contributed by atoms with van der Waals surface area (Å²) in [5.41, 5.74) is 1.91. The Morgan fingerprint density at radius 2 is 1.69 bits per heavy atom. The second kappa shape index (κ2) is 18.4. The van der Waals surface area contributed by atoms with Crippen LogP contribution in [0.1, 0.15) is 84.1 Å². The van der Waals surface area contributed by atoms with Crippen LogP contribution in [0.5, 0.6) is 0 Å². The number of nitrogens with one attached hydrogen (secondary N) is 1. The van der Waals surface area contributed by atoms with Gasteiger partial charge in [-0.15, -0.1) is 0 Å². The van der Waals surface area contributed by atoms with Gasteiger partial charge in [-0.05, 0) is 99.7 Å². The lowest BCUT2D eigenvalue weighted by molar-refractivity contribution is -0.151. The molecule has 0 spiro atoms. The van der Waals surface area contributed by atoms with Crippen LogP contribution in [0, 0.1) is 23.6 Å². The first kappa shape index (κ1) is 40.2. The highest BCUT2D eigenvalue weighted by Crippen LogP contribution is 2.31. The predicted octanol–water partition coefficient (Wildman–Crippen LogP) is 5.66. The Hall–Kier alpha value is -3.00. The highest BCUT2D eigenvalue weighted by molar-refractivity contribution is 7.89. The summed E-state index contributed by atoms with van der Waals surface area (Å²) in [5, 5.41) is 13.8. The summed E-state index contributed by atoms with van der Waals surface area (Å²) in [7, 11) is -1.21. The third kappa shape index (κ3) is 11.0. The van der Waals surface area contributed by atoms with E-state index in [9.17, 15) is 27.5 Å². The molecule has 1 aromatic carbocycles. The van der Waals surface area contributed by atoms with Crippen LogP contribution in [0.2, 0.25) is 0 Å². The maximum absolute atomic E-state index is 14.9. The second-order valence-corrected chi connectivity index (χ2v) is 17.8. The van der Waals surface area contributed by atoms with E-state index < -0.39 is 40.1 Å². The number of likely N-dealkylation sites (N-methyl/N-ethyl adjacent to an activating group) is 1. The molecule has 3 heterocycles. The molecule has 290 valence electrons. The van der Waals surface area contributed by atoms with Gasteiger partial charge in [-0.1, -0.05) is 38.8 Å². The molecular weight excluding hydrogens is 688 g/mol. The third-order valence-electron chi connectivity index (χ3n) is 11.3. The fourth-order valence-corrected chi connectivity index (χ4v) is 9.87. The summed E-state index contributed by atoms with van der Waals surface area (Å²) in [6.07, 6.45) is 8.86. The van der Waals surface area contributed by atoms with Crippen LogP contribution in [-0.4, -0.2) is 116 Å². The molecule has 0 radical (unpaired) electrons. The molecule has 11 nitrogen and oxygen atoms in total. The smallest absolute Gasteiger partial charge is 0.410 e. The first-order valence-corrected chi connectivity index (χ1v) is 20.7. The highest BCUT2D eigenvalue weighted by Gasteiger charge is 2.36. The Morgan fingerprint density at radius 1 is 1.00 bits per heavy atom. The second-order valence-electron chi connectivity index (χ2n) is 15.5. The Kier molecular flexibility index (Phi) is 14.2. The summed E-state index contributed by atoms with van der Waals surface area (Å²) in [6, 6.07) is 4.72. The minimum atomic E-state index is -3.24. The number of rotatable bonds is 8. The quantitative estimate of drug-likeness (QED) is 0.256. The largest absolute Gasteiger partial charge is 0.457 e. The lowest BCUT2D eigenvalue weighted by Crippen LogP contribution is -2.48. The first-order chi connectivity index (χ1) is 24.8. The number of amides is 1. The fraction of sp³-hybridized carbons (Fsp3) is 0.692. The molecule has 3 aliphatic heterocycles. The molecule has 4 aliphatic rings. The van der Waals surface area contributed by atoms with Gasteiger partial charge in [0, 0.05) is 57.4 Å². The lowest BCUT2D eigenvalue weighted by atomic mass is 9.91. The van der Waals surface area contributed by atoms with Gasteiger partial charge in [0.25, 0.3) is 0 Å². The molecule has 0 aromatic heterocycles. The van der Waals surface area contributed by atoms with E-state index >= 15 is 0 Å². The van der Waals surface area contributed by atoms with Gasteiger partial charge in [0.05, 0.1) is 17.8 Å². The van der Waals surface area contributed by atoms with Crippen molar-refractivity contribution >= 4 is 33.8 Å². The number of aliphatic hydroxyl groups excluding tert-OH is 1. The van der Waals surface area contributed by atoms with E-state index in [2.05, 4.69) is 10.2 Å². The fourth-order valence-electron chi connectivity index (χ4n) is 7.80. The first-order valence-electron chi connectivity index (χ1n) is 19.2. The number of hydrogen-bond acceptors (Lipinski definition) is 9. The van der Waals surface area contributed by atoms with Crippen LogP contribution in [-0.2, 0) is 24.3 Å². The number of anilines is 1. The van der Waals surface area contributed by atoms with Crippen LogP contribution in [0.4, 0.5) is 14.9 Å². The normalized spacial score (nSPS) is 29.2. The van der Waals surface area contributed by atoms with Gasteiger partial charge < -0.3 is 29.7 Å². The van der Waals surface area contributed by atoms with Gasteiger partial charge in [-0.2, -0.15) is 0 Å². The lowest BCUT2D eigenvalue weighted by Gasteiger charge is -2.33. The highest BCUT2D eigenvalue weighted by atomic mass is 32.2. The Bertz CT molecular complexity index is 1530. The van der Waals surface area contributed by atoms with Crippen molar-refractivity contribution in [2.45, 2.75) is 102 Å². The van der Waals surface area contributed by atoms with Crippen molar-refractivity contribution in [2.75, 3.05) is 58.2 Å². The average molecular weight is 747 g/mol. The molecule has 5 rings (SSSR count). The minimum absolute atomic E-state index is 0.0872. The van der Waals surface area contributed by atoms with Gasteiger partial charge in [-0.25, -0.2) is 21.9 Å². The maximum Gasteiger partial charge on any atom is 0.410 e. The van der Waals surface area contributed by atoms with Crippen molar-refractivity contribution in [3.63, 3.8) is 0 Å². The third-order valence-corrected chi connectivity index (χ3v) is 13.7. The number of piperidine rings is 1. The van der Waals surface area contributed by atoms with Gasteiger partial charge in [-0.3, -0.25) is 4.79 Å². The zero-order valence-corrected chi connectivity index (χ0v) is 32.2. The Balaban J connectivity index is 1.25. The van der Waals surface area contributed by atoms with Crippen LogP contribution < -0.4 is 5.32 Å². The van der Waals surface area contributed by atoms with E-state index in [0.29, 0.717) is 62.4 Å². The molecule has 2 saturated heterocycles. The number of halogens is 1. The Labute approximate surface area is 309 Å². The van der Waals surface area contributed by atoms with Gasteiger partial charge in [0.1, 0.15) is 18.0 Å². The summed E-state index contributed by atoms with van der Waals surface area (Å²) in [6.45, 7) is 10.1. The zero-order valence-electron chi connectivity index (χ0n) is 31.3. The number of hydrogen-bond donors (Lipinski definition) is 2. The predicted molar refractivity (Wildman–Crippen MR) is 201 cm³/mol. The molecule has 3 fully saturated rings. The minimum Gasteiger partial charge on any atom is -0.457 e. The number of cyclic esters (lactones) is 1. The maximum atomic E-state index is 14.9. The van der Waals surface area contributed by atoms with Gasteiger partial charge >= 0.3 is 12.1 Å². The van der Waals surface area contributed by atoms with Crippen LogP contribution in [0.3, 0.4) is 0 Å². The van der Waals surface area contributed by atoms with Crippen molar-refractivity contribution in [1.82, 2.24) is 14.1 Å². The summed E-state index contributed by atoms with van der Waals surface area (Å²) in [5.74, 6) is -1.06. The van der Waals surface area contributed by atoms with Gasteiger partial charge in [0.15, 0.2) is 0 Å². The molecule has 0 bridgehead atoms. The number of carbonyl (C=O) groups is 2. The van der Waals surface area contributed by atoms with Crippen LogP contribution in [0.15, 0.2) is 35.9 Å². The van der Waals surface area contributed by atoms with E-state index in [4.69, 9.17) is 9.47 Å². The topological polar surface area (TPSA) is 129 Å². The average Bonchev–Trinajstić information content (AvgIpc) is 3.66. The van der Waals surface area contributed by atoms with E-state index in [0.717, 1.165) is 51.6 Å². The molecule has 5 atom stereocenters. The number of nitrogens with zero attached hydrogens (tertiary/aromatic N) is 3. The van der Waals surface area contributed by atoms with Crippen LogP contribution in [0.25, 0.3) is 6.08 Å². The molecule has 1 amide bonds. The molecule has 2 N–H and O–H groups in total. The van der Waals surface area contributed by atoms with Crippen molar-refractivity contribution in [1.29, 1.82) is 0 Å². The number of sulfonamides is 1. The summed E-state index contributed by atoms with van der Waals surface area (Å²) in [4.78, 5) is 30.0. The van der Waals surface area contributed by atoms with Crippen molar-refractivity contribution in [2.24, 2.45) is 17.8 Å². The van der Waals surface area contributed by atoms with Crippen molar-refractivity contribution in [3.8, 4) is 0 Å². The van der Waals surface area contributed by atoms with E-state index in [1.54, 1.807) is 15.3 Å². The number of ether oxygens (including phenoxy) is 2. The number of esters is 1. The molecular formula is C39H59FN4O7S. The Morgan fingerprint density at radius 3 is 2.38 bits per heavy atom. The number of carbonyl (C=O) groups excluding carboxylic acids is 2. The number of piperazine rings is 1. The zero-order chi connectivity index (χ0) is 37.4. The number of benzene rings is 1. The molecule has 1 saturated carbocycles. The van der Waals surface area contributed by atoms with Crippen molar-refractivity contribution < 1.29 is 37.0 Å². The molecule has 13 heteroatoms. The molecule has 52 heavy (non-hydrogen) atoms. The standard InChI is InChI=1S/C39H59FN4O7S/c1-27-9-11-34(45)25-37(46)51-38(28(2)10-12-36(27)50-39(47)43-19-17-42(4)18-20-43)29(3)21-31-22-32(40)24-33(23-31)41-26-30-13-15-44(16-14-30)52(48,49)35-7-5-6-8-35/h10,12,21-24,27-28,30,34-36,38,41,45H,5-9,11,13-20,25-26H2,1-4H3/b12-10-,29-21+/t27-,28-,34+,36-,38-/m0/s1. The van der Waals surface area contributed by atoms with E-state index in [1.165, 1.54) is 12.1 Å².